The summed E-state index contributed by atoms with van der Waals surface area (Å²) >= 11 is 0. The minimum atomic E-state index is -1.67. The van der Waals surface area contributed by atoms with Crippen molar-refractivity contribution in [2.75, 3.05) is 14.1 Å². The lowest BCUT2D eigenvalue weighted by Gasteiger charge is -2.35. The number of esters is 2. The van der Waals surface area contributed by atoms with E-state index < -0.39 is 17.5 Å². The van der Waals surface area contributed by atoms with Gasteiger partial charge in [-0.15, -0.1) is 0 Å². The standard InChI is InChI=1S/C25H25N3O6/c1-5-25(34-13(2)29)18-9-20-22-14(10-28(20)23(31)17(18)12-33-24(25)32)8-15-16(11-27(3)4)21(30)7-6-19(15)26-22/h6-9,30H,5,10-12H2,1-4H3. The van der Waals surface area contributed by atoms with Gasteiger partial charge < -0.3 is 24.0 Å². The van der Waals surface area contributed by atoms with Crippen molar-refractivity contribution < 1.29 is 24.2 Å². The molecule has 1 atom stereocenters. The van der Waals surface area contributed by atoms with E-state index in [9.17, 15) is 19.5 Å². The van der Waals surface area contributed by atoms with Gasteiger partial charge in [0.2, 0.25) is 5.60 Å². The summed E-state index contributed by atoms with van der Waals surface area (Å²) in [6.45, 7) is 3.59. The molecule has 9 nitrogen and oxygen atoms in total. The van der Waals surface area contributed by atoms with Crippen LogP contribution < -0.4 is 5.56 Å². The second kappa shape index (κ2) is 7.66. The average molecular weight is 463 g/mol. The molecule has 3 aromatic rings. The molecule has 1 unspecified atom stereocenters. The fraction of sp³-hybridized carbons (Fsp3) is 0.360. The fourth-order valence-corrected chi connectivity index (χ4v) is 4.98. The van der Waals surface area contributed by atoms with E-state index in [1.54, 1.807) is 29.7 Å². The summed E-state index contributed by atoms with van der Waals surface area (Å²) in [6.07, 6.45) is 0.131. The molecule has 1 aromatic carbocycles. The molecule has 0 aliphatic carbocycles. The smallest absolute Gasteiger partial charge is 0.355 e. The van der Waals surface area contributed by atoms with Gasteiger partial charge in [0.05, 0.1) is 29.0 Å². The zero-order valence-corrected chi connectivity index (χ0v) is 19.5. The van der Waals surface area contributed by atoms with E-state index in [4.69, 9.17) is 14.5 Å². The van der Waals surface area contributed by atoms with E-state index >= 15 is 0 Å². The molecular weight excluding hydrogens is 438 g/mol. The maximum Gasteiger partial charge on any atom is 0.355 e. The number of benzene rings is 1. The van der Waals surface area contributed by atoms with E-state index in [1.165, 1.54) is 6.92 Å². The topological polar surface area (TPSA) is 111 Å². The van der Waals surface area contributed by atoms with Gasteiger partial charge in [-0.1, -0.05) is 6.92 Å². The molecule has 2 aliphatic heterocycles. The number of ether oxygens (including phenoxy) is 2. The lowest BCUT2D eigenvalue weighted by molar-refractivity contribution is -0.188. The van der Waals surface area contributed by atoms with E-state index in [0.29, 0.717) is 41.1 Å². The van der Waals surface area contributed by atoms with Gasteiger partial charge >= 0.3 is 11.9 Å². The molecule has 9 heteroatoms. The van der Waals surface area contributed by atoms with Crippen LogP contribution in [-0.2, 0) is 44.4 Å². The van der Waals surface area contributed by atoms with Crippen LogP contribution in [0.15, 0.2) is 29.1 Å². The summed E-state index contributed by atoms with van der Waals surface area (Å²) in [7, 11) is 3.84. The highest BCUT2D eigenvalue weighted by atomic mass is 16.6. The molecule has 0 saturated heterocycles. The molecule has 2 aromatic heterocycles. The van der Waals surface area contributed by atoms with Crippen LogP contribution in [-0.4, -0.2) is 45.6 Å². The molecular formula is C25H25N3O6. The number of fused-ring (bicyclic) bond motifs is 5. The van der Waals surface area contributed by atoms with Crippen LogP contribution in [0.2, 0.25) is 0 Å². The number of rotatable bonds is 4. The zero-order valence-electron chi connectivity index (χ0n) is 19.5. The Morgan fingerprint density at radius 1 is 1.29 bits per heavy atom. The van der Waals surface area contributed by atoms with Crippen LogP contribution in [0.1, 0.15) is 42.5 Å². The predicted molar refractivity (Wildman–Crippen MR) is 123 cm³/mol. The van der Waals surface area contributed by atoms with Crippen LogP contribution in [0, 0.1) is 0 Å². The highest BCUT2D eigenvalue weighted by molar-refractivity contribution is 5.90. The van der Waals surface area contributed by atoms with Gasteiger partial charge in [0, 0.05) is 35.5 Å². The minimum Gasteiger partial charge on any atom is -0.508 e. The van der Waals surface area contributed by atoms with Crippen LogP contribution in [0.3, 0.4) is 0 Å². The highest BCUT2D eigenvalue weighted by Crippen LogP contribution is 2.41. The number of hydrogen-bond donors (Lipinski definition) is 1. The second-order valence-electron chi connectivity index (χ2n) is 9.03. The third-order valence-electron chi connectivity index (χ3n) is 6.54. The average Bonchev–Trinajstić information content (AvgIpc) is 3.14. The Bertz CT molecular complexity index is 1440. The van der Waals surface area contributed by atoms with Gasteiger partial charge in [-0.2, -0.15) is 0 Å². The number of phenolic OH excluding ortho intramolecular Hbond substituents is 1. The Hall–Kier alpha value is -3.72. The quantitative estimate of drug-likeness (QED) is 0.460. The zero-order chi connectivity index (χ0) is 24.4. The van der Waals surface area contributed by atoms with Gasteiger partial charge in [0.15, 0.2) is 0 Å². The molecule has 0 bridgehead atoms. The van der Waals surface area contributed by atoms with Crippen molar-refractivity contribution in [3.05, 3.63) is 56.9 Å². The molecule has 176 valence electrons. The number of nitrogens with zero attached hydrogens (tertiary/aromatic N) is 3. The number of carbonyl (C=O) groups excluding carboxylic acids is 2. The highest BCUT2D eigenvalue weighted by Gasteiger charge is 2.50. The molecule has 4 heterocycles. The third kappa shape index (κ3) is 3.11. The number of aromatic nitrogens is 2. The number of phenols is 1. The van der Waals surface area contributed by atoms with Crippen molar-refractivity contribution in [3.8, 4) is 17.1 Å². The van der Waals surface area contributed by atoms with Crippen LogP contribution in [0.4, 0.5) is 0 Å². The second-order valence-corrected chi connectivity index (χ2v) is 9.03. The first kappa shape index (κ1) is 22.1. The minimum absolute atomic E-state index is 0.131. The first-order chi connectivity index (χ1) is 16.2. The SMILES string of the molecule is CCC1(OC(C)=O)C(=O)OCc2c1cc1n(c2=O)Cc2cc3c(CN(C)C)c(O)ccc3nc2-1. The number of aromatic hydroxyl groups is 1. The first-order valence-corrected chi connectivity index (χ1v) is 11.1. The summed E-state index contributed by atoms with van der Waals surface area (Å²) in [5.41, 5.74) is 2.15. The Balaban J connectivity index is 1.75. The number of hydrogen-bond acceptors (Lipinski definition) is 8. The monoisotopic (exact) mass is 463 g/mol. The predicted octanol–water partition coefficient (Wildman–Crippen LogP) is 2.42. The van der Waals surface area contributed by atoms with Crippen LogP contribution in [0.5, 0.6) is 5.75 Å². The maximum absolute atomic E-state index is 13.5. The summed E-state index contributed by atoms with van der Waals surface area (Å²) in [4.78, 5) is 45.0. The van der Waals surface area contributed by atoms with Gasteiger partial charge in [-0.05, 0) is 44.8 Å². The maximum atomic E-state index is 13.5. The Morgan fingerprint density at radius 3 is 2.74 bits per heavy atom. The summed E-state index contributed by atoms with van der Waals surface area (Å²) < 4.78 is 12.4. The Labute approximate surface area is 195 Å². The number of cyclic esters (lactones) is 1. The molecule has 34 heavy (non-hydrogen) atoms. The molecule has 5 rings (SSSR count). The van der Waals surface area contributed by atoms with Gasteiger partial charge in [0.1, 0.15) is 12.4 Å². The van der Waals surface area contributed by atoms with Crippen molar-refractivity contribution in [3.63, 3.8) is 0 Å². The normalized spacial score (nSPS) is 18.4. The molecule has 0 saturated carbocycles. The van der Waals surface area contributed by atoms with Crippen LogP contribution >= 0.6 is 0 Å². The van der Waals surface area contributed by atoms with Crippen molar-refractivity contribution in [2.24, 2.45) is 0 Å². The van der Waals surface area contributed by atoms with Gasteiger partial charge in [0.25, 0.3) is 5.56 Å². The number of carbonyl (C=O) groups is 2. The molecule has 0 fully saturated rings. The lowest BCUT2D eigenvalue weighted by atomic mass is 9.85. The molecule has 0 amide bonds. The molecule has 1 N–H and O–H groups in total. The van der Waals surface area contributed by atoms with E-state index in [-0.39, 0.29) is 24.3 Å². The van der Waals surface area contributed by atoms with Gasteiger partial charge in [-0.3, -0.25) is 9.59 Å². The largest absolute Gasteiger partial charge is 0.508 e. The van der Waals surface area contributed by atoms with E-state index in [1.807, 2.05) is 25.1 Å². The third-order valence-corrected chi connectivity index (χ3v) is 6.54. The fourth-order valence-electron chi connectivity index (χ4n) is 4.98. The first-order valence-electron chi connectivity index (χ1n) is 11.1. The molecule has 0 spiro atoms. The summed E-state index contributed by atoms with van der Waals surface area (Å²) in [6, 6.07) is 7.06. The number of pyridine rings is 2. The van der Waals surface area contributed by atoms with Gasteiger partial charge in [-0.25, -0.2) is 9.78 Å². The lowest BCUT2D eigenvalue weighted by Crippen LogP contribution is -2.47. The van der Waals surface area contributed by atoms with Crippen molar-refractivity contribution in [1.82, 2.24) is 14.5 Å². The Kier molecular flexibility index (Phi) is 4.98. The summed E-state index contributed by atoms with van der Waals surface area (Å²) in [5, 5.41) is 11.3. The van der Waals surface area contributed by atoms with Crippen LogP contribution in [0.25, 0.3) is 22.3 Å². The van der Waals surface area contributed by atoms with Crippen molar-refractivity contribution in [2.45, 2.75) is 45.6 Å². The molecule has 0 radical (unpaired) electrons. The van der Waals surface area contributed by atoms with Crippen molar-refractivity contribution >= 4 is 22.8 Å². The molecule has 2 aliphatic rings. The van der Waals surface area contributed by atoms with E-state index in [0.717, 1.165) is 16.5 Å². The summed E-state index contributed by atoms with van der Waals surface area (Å²) in [5.74, 6) is -1.13. The van der Waals surface area contributed by atoms with Crippen molar-refractivity contribution in [1.29, 1.82) is 0 Å². The van der Waals surface area contributed by atoms with E-state index in [2.05, 4.69) is 0 Å². The Morgan fingerprint density at radius 2 is 2.06 bits per heavy atom.